The molecule has 9 heavy (non-hydrogen) atoms. The predicted molar refractivity (Wildman–Crippen MR) is 33.1 cm³/mol. The van der Waals surface area contributed by atoms with Gasteiger partial charge in [0.2, 0.25) is 0 Å². The fourth-order valence-electron chi connectivity index (χ4n) is 0.547. The van der Waals surface area contributed by atoms with Gasteiger partial charge in [-0.1, -0.05) is 11.2 Å². The lowest BCUT2D eigenvalue weighted by Crippen LogP contribution is -1.87. The molecule has 50 valence electrons. The monoisotopic (exact) mass is 146 g/mol. The number of hydrogen-bond acceptors (Lipinski definition) is 3. The summed E-state index contributed by atoms with van der Waals surface area (Å²) in [4.78, 5) is 0. The number of tetrazole rings is 1. The van der Waals surface area contributed by atoms with E-state index in [2.05, 4.69) is 22.3 Å². The molecule has 5 heteroatoms. The first-order chi connectivity index (χ1) is 4.33. The smallest absolute Gasteiger partial charge is 0.120 e. The summed E-state index contributed by atoms with van der Waals surface area (Å²) < 4.78 is 0.949. The van der Waals surface area contributed by atoms with E-state index in [1.165, 1.54) is 0 Å². The highest BCUT2D eigenvalue weighted by Crippen LogP contribution is 1.91. The van der Waals surface area contributed by atoms with Crippen molar-refractivity contribution in [2.75, 3.05) is 0 Å². The second-order valence-electron chi connectivity index (χ2n) is 1.70. The van der Waals surface area contributed by atoms with E-state index in [1.807, 2.05) is 0 Å². The van der Waals surface area contributed by atoms with Crippen LogP contribution in [0.2, 0.25) is 0 Å². The van der Waals surface area contributed by atoms with Gasteiger partial charge in [0.05, 0.1) is 11.8 Å². The standard InChI is InChI=1S/C4H7ClN4/c1-2-3-4-6-8-9(5)7-4/h2-3H2,1H3. The Hall–Kier alpha value is -0.640. The van der Waals surface area contributed by atoms with E-state index in [4.69, 9.17) is 11.8 Å². The first kappa shape index (κ1) is 6.48. The zero-order chi connectivity index (χ0) is 6.69. The lowest BCUT2D eigenvalue weighted by Gasteiger charge is -1.81. The van der Waals surface area contributed by atoms with E-state index in [-0.39, 0.29) is 0 Å². The number of aryl methyl sites for hydroxylation is 1. The van der Waals surface area contributed by atoms with Gasteiger partial charge in [-0.05, 0) is 11.6 Å². The normalized spacial score (nSPS) is 10.0. The average molecular weight is 147 g/mol. The fraction of sp³-hybridized carbons (Fsp3) is 0.750. The highest BCUT2D eigenvalue weighted by atomic mass is 35.5. The van der Waals surface area contributed by atoms with Crippen LogP contribution in [0.4, 0.5) is 0 Å². The Morgan fingerprint density at radius 3 is 2.89 bits per heavy atom. The van der Waals surface area contributed by atoms with E-state index in [9.17, 15) is 0 Å². The van der Waals surface area contributed by atoms with Crippen LogP contribution >= 0.6 is 11.8 Å². The summed E-state index contributed by atoms with van der Waals surface area (Å²) in [6.07, 6.45) is 1.86. The van der Waals surface area contributed by atoms with E-state index >= 15 is 0 Å². The minimum atomic E-state index is 0.701. The fourth-order valence-corrected chi connectivity index (χ4v) is 0.668. The molecule has 1 rings (SSSR count). The van der Waals surface area contributed by atoms with Crippen molar-refractivity contribution < 1.29 is 0 Å². The molecule has 0 spiro atoms. The lowest BCUT2D eigenvalue weighted by atomic mass is 10.3. The molecule has 0 saturated heterocycles. The molecule has 0 aliphatic carbocycles. The minimum absolute atomic E-state index is 0.701. The third-order valence-electron chi connectivity index (χ3n) is 0.906. The maximum Gasteiger partial charge on any atom is 0.176 e. The van der Waals surface area contributed by atoms with Crippen LogP contribution in [0.15, 0.2) is 0 Å². The third-order valence-corrected chi connectivity index (χ3v) is 1.05. The molecule has 0 aliphatic rings. The molecular weight excluding hydrogens is 140 g/mol. The second-order valence-corrected chi connectivity index (χ2v) is 2.00. The summed E-state index contributed by atoms with van der Waals surface area (Å²) >= 11 is 5.33. The topological polar surface area (TPSA) is 43.6 Å². The second kappa shape index (κ2) is 2.77. The summed E-state index contributed by atoms with van der Waals surface area (Å²) in [6.45, 7) is 2.05. The zero-order valence-corrected chi connectivity index (χ0v) is 5.84. The van der Waals surface area contributed by atoms with Gasteiger partial charge >= 0.3 is 0 Å². The third kappa shape index (κ3) is 1.64. The summed E-state index contributed by atoms with van der Waals surface area (Å²) in [7, 11) is 0. The summed E-state index contributed by atoms with van der Waals surface area (Å²) in [5.41, 5.74) is 0. The molecular formula is C4H7ClN4. The van der Waals surface area contributed by atoms with E-state index < -0.39 is 0 Å². The lowest BCUT2D eigenvalue weighted by molar-refractivity contribution is 0.799. The molecule has 0 unspecified atom stereocenters. The van der Waals surface area contributed by atoms with Gasteiger partial charge < -0.3 is 0 Å². The van der Waals surface area contributed by atoms with Crippen LogP contribution in [0.1, 0.15) is 19.2 Å². The molecule has 0 amide bonds. The van der Waals surface area contributed by atoms with Crippen molar-refractivity contribution in [3.8, 4) is 0 Å². The predicted octanol–water partition coefficient (Wildman–Crippen LogP) is 0.627. The van der Waals surface area contributed by atoms with Gasteiger partial charge in [-0.25, -0.2) is 0 Å². The maximum atomic E-state index is 5.33. The number of halogens is 1. The molecule has 0 fully saturated rings. The van der Waals surface area contributed by atoms with Crippen molar-refractivity contribution in [1.29, 1.82) is 0 Å². The number of hydrogen-bond donors (Lipinski definition) is 0. The van der Waals surface area contributed by atoms with E-state index in [0.29, 0.717) is 5.82 Å². The molecule has 0 bridgehead atoms. The molecule has 0 atom stereocenters. The van der Waals surface area contributed by atoms with Crippen molar-refractivity contribution in [2.24, 2.45) is 0 Å². The van der Waals surface area contributed by atoms with Gasteiger partial charge in [0.1, 0.15) is 0 Å². The van der Waals surface area contributed by atoms with Crippen LogP contribution in [-0.4, -0.2) is 19.7 Å². The first-order valence-corrected chi connectivity index (χ1v) is 3.11. The SMILES string of the molecule is CCCc1nnn(Cl)n1. The molecule has 0 N–H and O–H groups in total. The van der Waals surface area contributed by atoms with Gasteiger partial charge in [-0.3, -0.25) is 0 Å². The van der Waals surface area contributed by atoms with E-state index in [1.54, 1.807) is 0 Å². The van der Waals surface area contributed by atoms with Crippen LogP contribution in [0.3, 0.4) is 0 Å². The van der Waals surface area contributed by atoms with Gasteiger partial charge in [0.25, 0.3) is 0 Å². The molecule has 0 radical (unpaired) electrons. The largest absolute Gasteiger partial charge is 0.176 e. The summed E-state index contributed by atoms with van der Waals surface area (Å²) in [5.74, 6) is 0.701. The van der Waals surface area contributed by atoms with Crippen LogP contribution in [-0.2, 0) is 6.42 Å². The highest BCUT2D eigenvalue weighted by molar-refractivity contribution is 6.13. The van der Waals surface area contributed by atoms with Gasteiger partial charge in [-0.15, -0.1) is 10.2 Å². The Morgan fingerprint density at radius 1 is 1.67 bits per heavy atom. The zero-order valence-electron chi connectivity index (χ0n) is 5.08. The van der Waals surface area contributed by atoms with Crippen molar-refractivity contribution in [3.63, 3.8) is 0 Å². The van der Waals surface area contributed by atoms with Gasteiger partial charge in [0, 0.05) is 6.42 Å². The summed E-state index contributed by atoms with van der Waals surface area (Å²) in [6, 6.07) is 0. The van der Waals surface area contributed by atoms with Crippen molar-refractivity contribution in [2.45, 2.75) is 19.8 Å². The molecule has 1 heterocycles. The van der Waals surface area contributed by atoms with Crippen molar-refractivity contribution in [1.82, 2.24) is 19.7 Å². The van der Waals surface area contributed by atoms with Crippen LogP contribution < -0.4 is 0 Å². The average Bonchev–Trinajstić information content (AvgIpc) is 2.17. The number of aromatic nitrogens is 4. The Labute approximate surface area is 57.9 Å². The quantitative estimate of drug-likeness (QED) is 0.615. The Balaban J connectivity index is 2.61. The summed E-state index contributed by atoms with van der Waals surface area (Å²) in [5, 5.41) is 10.9. The van der Waals surface area contributed by atoms with Gasteiger partial charge in [-0.2, -0.15) is 0 Å². The molecule has 4 nitrogen and oxygen atoms in total. The molecule has 0 aromatic carbocycles. The van der Waals surface area contributed by atoms with Crippen LogP contribution in [0.25, 0.3) is 0 Å². The van der Waals surface area contributed by atoms with Gasteiger partial charge in [0.15, 0.2) is 5.82 Å². The Kier molecular flexibility index (Phi) is 2.00. The van der Waals surface area contributed by atoms with E-state index in [0.717, 1.165) is 17.2 Å². The number of rotatable bonds is 2. The Bertz CT molecular complexity index is 184. The molecule has 1 aromatic rings. The van der Waals surface area contributed by atoms with Crippen LogP contribution in [0, 0.1) is 0 Å². The van der Waals surface area contributed by atoms with Crippen molar-refractivity contribution >= 4 is 11.8 Å². The van der Waals surface area contributed by atoms with Crippen molar-refractivity contribution in [3.05, 3.63) is 5.82 Å². The Morgan fingerprint density at radius 2 is 2.44 bits per heavy atom. The van der Waals surface area contributed by atoms with Crippen LogP contribution in [0.5, 0.6) is 0 Å². The maximum absolute atomic E-state index is 5.33. The molecule has 0 aliphatic heterocycles. The first-order valence-electron chi connectivity index (χ1n) is 2.78. The number of nitrogens with zero attached hydrogens (tertiary/aromatic N) is 4. The molecule has 1 aromatic heterocycles. The highest BCUT2D eigenvalue weighted by Gasteiger charge is 1.96. The molecule has 0 saturated carbocycles. The minimum Gasteiger partial charge on any atom is -0.120 e.